The van der Waals surface area contributed by atoms with E-state index in [-0.39, 0.29) is 11.3 Å². The van der Waals surface area contributed by atoms with E-state index in [0.29, 0.717) is 40.8 Å². The Labute approximate surface area is 189 Å². The number of fused-ring (bicyclic) bond motifs is 1. The number of carbonyl (C=O) groups is 2. The summed E-state index contributed by atoms with van der Waals surface area (Å²) < 4.78 is 0. The Morgan fingerprint density at radius 3 is 2.27 bits per heavy atom. The molecule has 33 heavy (non-hydrogen) atoms. The number of amides is 2. The van der Waals surface area contributed by atoms with Crippen LogP contribution in [0.2, 0.25) is 0 Å². The summed E-state index contributed by atoms with van der Waals surface area (Å²) >= 11 is 0. The van der Waals surface area contributed by atoms with E-state index in [0.717, 1.165) is 28.5 Å². The fourth-order valence-electron chi connectivity index (χ4n) is 5.10. The third-order valence-electron chi connectivity index (χ3n) is 6.59. The molecule has 162 valence electrons. The third-order valence-corrected chi connectivity index (χ3v) is 6.59. The number of nitrogens with zero attached hydrogens (tertiary/aromatic N) is 3. The number of nitro groups is 1. The van der Waals surface area contributed by atoms with E-state index < -0.39 is 16.7 Å². The predicted molar refractivity (Wildman–Crippen MR) is 127 cm³/mol. The van der Waals surface area contributed by atoms with Gasteiger partial charge in [0.2, 0.25) is 0 Å². The standard InChI is InChI=1S/C26H19N3O4/c30-25-20-9-5-8-19-23(20)21(15-22(29(32)33)24(19)27-12-3-4-13-27)26(31)28(25)18-11-10-16-6-1-2-7-17(16)14-18/h1-2,5-11,14-15H,3-4,12-13H2. The maximum atomic E-state index is 13.6. The second-order valence-electron chi connectivity index (χ2n) is 8.45. The molecule has 0 N–H and O–H groups in total. The summed E-state index contributed by atoms with van der Waals surface area (Å²) in [5, 5.41) is 15.0. The van der Waals surface area contributed by atoms with Crippen LogP contribution < -0.4 is 9.80 Å². The van der Waals surface area contributed by atoms with E-state index in [4.69, 9.17) is 0 Å². The highest BCUT2D eigenvalue weighted by Crippen LogP contribution is 2.44. The van der Waals surface area contributed by atoms with Crippen LogP contribution in [0.25, 0.3) is 21.5 Å². The lowest BCUT2D eigenvalue weighted by Gasteiger charge is -2.29. The average Bonchev–Trinajstić information content (AvgIpc) is 3.36. The van der Waals surface area contributed by atoms with Gasteiger partial charge in [0.25, 0.3) is 17.5 Å². The predicted octanol–water partition coefficient (Wildman–Crippen LogP) is 5.30. The van der Waals surface area contributed by atoms with Gasteiger partial charge in [0.05, 0.1) is 16.2 Å². The Morgan fingerprint density at radius 2 is 1.52 bits per heavy atom. The van der Waals surface area contributed by atoms with Gasteiger partial charge < -0.3 is 4.90 Å². The topological polar surface area (TPSA) is 83.8 Å². The molecule has 2 aliphatic heterocycles. The minimum atomic E-state index is -0.546. The van der Waals surface area contributed by atoms with Crippen molar-refractivity contribution in [3.05, 3.63) is 88.0 Å². The summed E-state index contributed by atoms with van der Waals surface area (Å²) in [4.78, 5) is 41.9. The summed E-state index contributed by atoms with van der Waals surface area (Å²) in [6.45, 7) is 1.43. The zero-order valence-corrected chi connectivity index (χ0v) is 17.7. The molecule has 4 aromatic carbocycles. The molecule has 0 radical (unpaired) electrons. The molecule has 4 aromatic rings. The van der Waals surface area contributed by atoms with E-state index in [9.17, 15) is 19.7 Å². The molecule has 2 amide bonds. The lowest BCUT2D eigenvalue weighted by molar-refractivity contribution is -0.384. The molecule has 2 aliphatic rings. The Hall–Kier alpha value is -4.26. The van der Waals surface area contributed by atoms with Crippen LogP contribution in [0, 0.1) is 10.1 Å². The number of carbonyl (C=O) groups excluding carboxylic acids is 2. The zero-order chi connectivity index (χ0) is 22.7. The number of nitro benzene ring substituents is 1. The molecular weight excluding hydrogens is 418 g/mol. The largest absolute Gasteiger partial charge is 0.365 e. The minimum absolute atomic E-state index is 0.0993. The third kappa shape index (κ3) is 2.82. The van der Waals surface area contributed by atoms with Crippen molar-refractivity contribution in [2.45, 2.75) is 12.8 Å². The smallest absolute Gasteiger partial charge is 0.293 e. The molecule has 0 spiro atoms. The second-order valence-corrected chi connectivity index (χ2v) is 8.45. The van der Waals surface area contributed by atoms with E-state index in [1.807, 2.05) is 35.2 Å². The minimum Gasteiger partial charge on any atom is -0.365 e. The van der Waals surface area contributed by atoms with Crippen molar-refractivity contribution in [1.82, 2.24) is 0 Å². The van der Waals surface area contributed by atoms with Gasteiger partial charge in [-0.3, -0.25) is 19.7 Å². The number of imide groups is 1. The van der Waals surface area contributed by atoms with Crippen LogP contribution in [-0.4, -0.2) is 29.8 Å². The summed E-state index contributed by atoms with van der Waals surface area (Å²) in [5.41, 5.74) is 1.40. The van der Waals surface area contributed by atoms with Crippen molar-refractivity contribution in [1.29, 1.82) is 0 Å². The first kappa shape index (κ1) is 19.4. The van der Waals surface area contributed by atoms with Crippen LogP contribution in [0.3, 0.4) is 0 Å². The molecule has 7 heteroatoms. The number of hydrogen-bond donors (Lipinski definition) is 0. The van der Waals surface area contributed by atoms with Gasteiger partial charge in [-0.05, 0) is 41.8 Å². The van der Waals surface area contributed by atoms with Crippen molar-refractivity contribution in [3.8, 4) is 0 Å². The molecule has 0 unspecified atom stereocenters. The van der Waals surface area contributed by atoms with E-state index >= 15 is 0 Å². The van der Waals surface area contributed by atoms with E-state index in [2.05, 4.69) is 0 Å². The van der Waals surface area contributed by atoms with Crippen LogP contribution in [0.15, 0.2) is 66.7 Å². The molecule has 2 heterocycles. The number of anilines is 2. The van der Waals surface area contributed by atoms with Crippen molar-refractivity contribution in [2.75, 3.05) is 22.9 Å². The maximum absolute atomic E-state index is 13.6. The van der Waals surface area contributed by atoms with Crippen LogP contribution >= 0.6 is 0 Å². The number of hydrogen-bond acceptors (Lipinski definition) is 5. The van der Waals surface area contributed by atoms with Crippen LogP contribution in [0.1, 0.15) is 33.6 Å². The van der Waals surface area contributed by atoms with E-state index in [1.165, 1.54) is 6.07 Å². The monoisotopic (exact) mass is 437 g/mol. The van der Waals surface area contributed by atoms with Gasteiger partial charge >= 0.3 is 0 Å². The van der Waals surface area contributed by atoms with Crippen molar-refractivity contribution >= 4 is 50.4 Å². The fraction of sp³-hybridized carbons (Fsp3) is 0.154. The highest BCUT2D eigenvalue weighted by Gasteiger charge is 2.38. The SMILES string of the molecule is O=C1c2cccc3c(N4CCCC4)c([N+](=O)[O-])cc(c23)C(=O)N1c1ccc2ccccc2c1. The molecule has 0 bridgehead atoms. The van der Waals surface area contributed by atoms with Crippen molar-refractivity contribution in [3.63, 3.8) is 0 Å². The molecule has 1 saturated heterocycles. The van der Waals surface area contributed by atoms with Crippen LogP contribution in [-0.2, 0) is 0 Å². The molecular formula is C26H19N3O4. The lowest BCUT2D eigenvalue weighted by atomic mass is 9.91. The Morgan fingerprint density at radius 1 is 0.788 bits per heavy atom. The normalized spacial score (nSPS) is 15.6. The fourth-order valence-corrected chi connectivity index (χ4v) is 5.10. The van der Waals surface area contributed by atoms with Crippen molar-refractivity contribution < 1.29 is 14.5 Å². The first-order valence-corrected chi connectivity index (χ1v) is 10.9. The Balaban J connectivity index is 1.60. The lowest BCUT2D eigenvalue weighted by Crippen LogP contribution is -2.40. The van der Waals surface area contributed by atoms with Gasteiger partial charge in [-0.2, -0.15) is 0 Å². The highest BCUT2D eigenvalue weighted by atomic mass is 16.6. The highest BCUT2D eigenvalue weighted by molar-refractivity contribution is 6.37. The summed E-state index contributed by atoms with van der Waals surface area (Å²) in [7, 11) is 0. The van der Waals surface area contributed by atoms with Crippen LogP contribution in [0.4, 0.5) is 17.1 Å². The Bertz CT molecular complexity index is 1500. The summed E-state index contributed by atoms with van der Waals surface area (Å²) in [6, 6.07) is 19.6. The second kappa shape index (κ2) is 7.13. The number of benzene rings is 4. The van der Waals surface area contributed by atoms with Crippen molar-refractivity contribution in [2.24, 2.45) is 0 Å². The van der Waals surface area contributed by atoms with E-state index in [1.54, 1.807) is 30.3 Å². The van der Waals surface area contributed by atoms with Crippen LogP contribution in [0.5, 0.6) is 0 Å². The average molecular weight is 437 g/mol. The molecule has 6 rings (SSSR count). The zero-order valence-electron chi connectivity index (χ0n) is 17.7. The first-order chi connectivity index (χ1) is 16.0. The number of rotatable bonds is 3. The molecule has 0 aromatic heterocycles. The van der Waals surface area contributed by atoms with Gasteiger partial charge in [-0.25, -0.2) is 4.90 Å². The maximum Gasteiger partial charge on any atom is 0.293 e. The molecule has 1 fully saturated rings. The summed E-state index contributed by atoms with van der Waals surface area (Å²) in [5.74, 6) is -0.968. The molecule has 0 atom stereocenters. The van der Waals surface area contributed by atoms with Gasteiger partial charge in [-0.15, -0.1) is 0 Å². The molecule has 7 nitrogen and oxygen atoms in total. The van der Waals surface area contributed by atoms with Gasteiger partial charge in [-0.1, -0.05) is 42.5 Å². The molecule has 0 aliphatic carbocycles. The summed E-state index contributed by atoms with van der Waals surface area (Å²) in [6.07, 6.45) is 1.90. The first-order valence-electron chi connectivity index (χ1n) is 10.9. The Kier molecular flexibility index (Phi) is 4.20. The van der Waals surface area contributed by atoms with Gasteiger partial charge in [0, 0.05) is 35.5 Å². The van der Waals surface area contributed by atoms with Gasteiger partial charge in [0.15, 0.2) is 0 Å². The quantitative estimate of drug-likeness (QED) is 0.247. The van der Waals surface area contributed by atoms with Gasteiger partial charge in [0.1, 0.15) is 5.69 Å². The molecule has 0 saturated carbocycles.